The Morgan fingerprint density at radius 2 is 2.33 bits per heavy atom. The van der Waals surface area contributed by atoms with Crippen molar-refractivity contribution in [2.24, 2.45) is 0 Å². The summed E-state index contributed by atoms with van der Waals surface area (Å²) in [5.41, 5.74) is 6.27. The van der Waals surface area contributed by atoms with Crippen LogP contribution in [-0.2, 0) is 0 Å². The molecular formula is C11H8N2OS. The second-order valence-corrected chi connectivity index (χ2v) is 3.82. The van der Waals surface area contributed by atoms with Gasteiger partial charge in [0, 0.05) is 5.56 Å². The Morgan fingerprint density at radius 3 is 3.00 bits per heavy atom. The first-order chi connectivity index (χ1) is 7.28. The first-order valence-electron chi connectivity index (χ1n) is 4.24. The second-order valence-electron chi connectivity index (χ2n) is 2.79. The van der Waals surface area contributed by atoms with Crippen LogP contribution < -0.4 is 10.5 Å². The van der Waals surface area contributed by atoms with E-state index in [4.69, 9.17) is 16.9 Å². The molecule has 0 aliphatic carbocycles. The van der Waals surface area contributed by atoms with Crippen molar-refractivity contribution < 1.29 is 4.74 Å². The van der Waals surface area contributed by atoms with Gasteiger partial charge in [0.05, 0.1) is 6.20 Å². The van der Waals surface area contributed by atoms with Gasteiger partial charge in [0.15, 0.2) is 5.13 Å². The van der Waals surface area contributed by atoms with Crippen LogP contribution in [0.1, 0.15) is 5.56 Å². The number of nitrogen functional groups attached to an aromatic ring is 1. The minimum atomic E-state index is 0.484. The van der Waals surface area contributed by atoms with Crippen LogP contribution in [0.5, 0.6) is 10.8 Å². The summed E-state index contributed by atoms with van der Waals surface area (Å²) in [6, 6.07) is 7.30. The van der Waals surface area contributed by atoms with E-state index < -0.39 is 0 Å². The number of hydrogen-bond acceptors (Lipinski definition) is 4. The lowest BCUT2D eigenvalue weighted by molar-refractivity contribution is 0.495. The molecule has 15 heavy (non-hydrogen) atoms. The lowest BCUT2D eigenvalue weighted by Gasteiger charge is -2.01. The quantitative estimate of drug-likeness (QED) is 0.784. The summed E-state index contributed by atoms with van der Waals surface area (Å²) in [4.78, 5) is 3.89. The summed E-state index contributed by atoms with van der Waals surface area (Å²) in [5.74, 6) is 3.23. The Bertz CT molecular complexity index is 513. The molecule has 0 aliphatic rings. The highest BCUT2D eigenvalue weighted by Gasteiger charge is 2.01. The molecule has 1 aromatic heterocycles. The summed E-state index contributed by atoms with van der Waals surface area (Å²) in [6.45, 7) is 0. The van der Waals surface area contributed by atoms with Gasteiger partial charge in [0.1, 0.15) is 5.75 Å². The van der Waals surface area contributed by atoms with Gasteiger partial charge >= 0.3 is 0 Å². The Kier molecular flexibility index (Phi) is 2.57. The minimum absolute atomic E-state index is 0.484. The molecule has 0 atom stereocenters. The number of nitrogens with zero attached hydrogens (tertiary/aromatic N) is 1. The molecule has 0 radical (unpaired) electrons. The molecule has 0 aliphatic heterocycles. The van der Waals surface area contributed by atoms with Crippen LogP contribution in [0.15, 0.2) is 30.5 Å². The van der Waals surface area contributed by atoms with Crippen molar-refractivity contribution in [1.29, 1.82) is 0 Å². The van der Waals surface area contributed by atoms with Crippen molar-refractivity contribution in [2.75, 3.05) is 5.73 Å². The lowest BCUT2D eigenvalue weighted by Crippen LogP contribution is -1.81. The molecule has 3 nitrogen and oxygen atoms in total. The van der Waals surface area contributed by atoms with Crippen LogP contribution in [0.3, 0.4) is 0 Å². The minimum Gasteiger partial charge on any atom is -0.445 e. The fourth-order valence-corrected chi connectivity index (χ4v) is 1.64. The van der Waals surface area contributed by atoms with Gasteiger partial charge in [-0.2, -0.15) is 0 Å². The average molecular weight is 216 g/mol. The molecule has 0 fully saturated rings. The molecule has 0 saturated heterocycles. The molecule has 0 spiro atoms. The fourth-order valence-electron chi connectivity index (χ4n) is 1.08. The highest BCUT2D eigenvalue weighted by Crippen LogP contribution is 2.28. The topological polar surface area (TPSA) is 48.1 Å². The highest BCUT2D eigenvalue weighted by molar-refractivity contribution is 7.17. The van der Waals surface area contributed by atoms with E-state index in [9.17, 15) is 0 Å². The van der Waals surface area contributed by atoms with Gasteiger partial charge in [-0.3, -0.25) is 0 Å². The van der Waals surface area contributed by atoms with Crippen LogP contribution in [-0.4, -0.2) is 4.98 Å². The van der Waals surface area contributed by atoms with Crippen molar-refractivity contribution in [3.05, 3.63) is 36.0 Å². The van der Waals surface area contributed by atoms with Crippen LogP contribution in [0.4, 0.5) is 5.13 Å². The van der Waals surface area contributed by atoms with E-state index in [1.54, 1.807) is 12.3 Å². The van der Waals surface area contributed by atoms with Crippen LogP contribution >= 0.6 is 11.3 Å². The van der Waals surface area contributed by atoms with Crippen molar-refractivity contribution in [1.82, 2.24) is 4.98 Å². The second kappa shape index (κ2) is 4.03. The SMILES string of the molecule is C#Cc1cccc(Oc2cnc(N)s2)c1. The zero-order chi connectivity index (χ0) is 10.7. The summed E-state index contributed by atoms with van der Waals surface area (Å²) in [6.07, 6.45) is 6.87. The monoisotopic (exact) mass is 216 g/mol. The third kappa shape index (κ3) is 2.27. The number of thiazole rings is 1. The smallest absolute Gasteiger partial charge is 0.202 e. The summed E-state index contributed by atoms with van der Waals surface area (Å²) in [7, 11) is 0. The maximum atomic E-state index is 5.52. The number of nitrogens with two attached hydrogens (primary N) is 1. The Balaban J connectivity index is 2.21. The number of benzene rings is 1. The van der Waals surface area contributed by atoms with Gasteiger partial charge in [-0.05, 0) is 18.2 Å². The molecule has 0 amide bonds. The lowest BCUT2D eigenvalue weighted by atomic mass is 10.2. The molecule has 2 rings (SSSR count). The molecule has 74 valence electrons. The van der Waals surface area contributed by atoms with Gasteiger partial charge < -0.3 is 10.5 Å². The maximum absolute atomic E-state index is 5.52. The molecule has 0 saturated carbocycles. The largest absolute Gasteiger partial charge is 0.445 e. The maximum Gasteiger partial charge on any atom is 0.202 e. The first kappa shape index (κ1) is 9.56. The van der Waals surface area contributed by atoms with Crippen LogP contribution in [0.25, 0.3) is 0 Å². The van der Waals surface area contributed by atoms with Crippen molar-refractivity contribution in [2.45, 2.75) is 0 Å². The van der Waals surface area contributed by atoms with E-state index in [1.165, 1.54) is 11.3 Å². The van der Waals surface area contributed by atoms with Gasteiger partial charge in [-0.25, -0.2) is 4.98 Å². The molecule has 1 aromatic carbocycles. The number of anilines is 1. The zero-order valence-corrected chi connectivity index (χ0v) is 8.62. The number of ether oxygens (including phenoxy) is 1. The van der Waals surface area contributed by atoms with E-state index in [1.807, 2.05) is 18.2 Å². The Hall–Kier alpha value is -1.99. The fraction of sp³-hybridized carbons (Fsp3) is 0. The standard InChI is InChI=1S/C11H8N2OS/c1-2-8-4-3-5-9(6-8)14-10-7-13-11(12)15-10/h1,3-7H,(H2,12,13). The Labute approximate surface area is 91.5 Å². The molecule has 0 bridgehead atoms. The highest BCUT2D eigenvalue weighted by atomic mass is 32.1. The van der Waals surface area contributed by atoms with Crippen molar-refractivity contribution in [3.8, 4) is 23.2 Å². The molecule has 4 heteroatoms. The molecular weight excluding hydrogens is 208 g/mol. The normalized spacial score (nSPS) is 9.53. The average Bonchev–Trinajstić information content (AvgIpc) is 2.64. The predicted molar refractivity (Wildman–Crippen MR) is 61.0 cm³/mol. The number of hydrogen-bond donors (Lipinski definition) is 1. The van der Waals surface area contributed by atoms with E-state index >= 15 is 0 Å². The molecule has 1 heterocycles. The zero-order valence-electron chi connectivity index (χ0n) is 7.81. The number of aromatic nitrogens is 1. The molecule has 0 unspecified atom stereocenters. The first-order valence-corrected chi connectivity index (χ1v) is 5.05. The van der Waals surface area contributed by atoms with Crippen LogP contribution in [0, 0.1) is 12.3 Å². The molecule has 2 N–H and O–H groups in total. The molecule has 2 aromatic rings. The Morgan fingerprint density at radius 1 is 1.47 bits per heavy atom. The van der Waals surface area contributed by atoms with Gasteiger partial charge in [-0.1, -0.05) is 23.3 Å². The number of rotatable bonds is 2. The van der Waals surface area contributed by atoms with Gasteiger partial charge in [-0.15, -0.1) is 6.42 Å². The number of terminal acetylenes is 1. The van der Waals surface area contributed by atoms with E-state index in [0.29, 0.717) is 15.9 Å². The van der Waals surface area contributed by atoms with Crippen molar-refractivity contribution >= 4 is 16.5 Å². The summed E-state index contributed by atoms with van der Waals surface area (Å²) in [5, 5.41) is 1.14. The van der Waals surface area contributed by atoms with Gasteiger partial charge in [0.25, 0.3) is 0 Å². The third-order valence-electron chi connectivity index (χ3n) is 1.72. The predicted octanol–water partition coefficient (Wildman–Crippen LogP) is 2.50. The van der Waals surface area contributed by atoms with Crippen molar-refractivity contribution in [3.63, 3.8) is 0 Å². The summed E-state index contributed by atoms with van der Waals surface area (Å²) >= 11 is 1.29. The van der Waals surface area contributed by atoms with Gasteiger partial charge in [0.2, 0.25) is 5.06 Å². The van der Waals surface area contributed by atoms with Crippen LogP contribution in [0.2, 0.25) is 0 Å². The van der Waals surface area contributed by atoms with E-state index in [0.717, 1.165) is 5.56 Å². The van der Waals surface area contributed by atoms with E-state index in [-0.39, 0.29) is 0 Å². The summed E-state index contributed by atoms with van der Waals surface area (Å²) < 4.78 is 5.52. The van der Waals surface area contributed by atoms with E-state index in [2.05, 4.69) is 10.9 Å². The third-order valence-corrected chi connectivity index (χ3v) is 2.43.